The number of rotatable bonds is 7. The smallest absolute Gasteiger partial charge is 0.317 e. The summed E-state index contributed by atoms with van der Waals surface area (Å²) in [7, 11) is 1.73. The molecule has 7 nitrogen and oxygen atoms in total. The largest absolute Gasteiger partial charge is 0.353 e. The predicted molar refractivity (Wildman–Crippen MR) is 119 cm³/mol. The summed E-state index contributed by atoms with van der Waals surface area (Å²) in [5.41, 5.74) is 1.74. The number of urea groups is 1. The van der Waals surface area contributed by atoms with E-state index < -0.39 is 0 Å². The summed E-state index contributed by atoms with van der Waals surface area (Å²) in [4.78, 5) is 40.3. The molecule has 0 radical (unpaired) electrons. The number of nitrogens with one attached hydrogen (secondary N) is 2. The average molecular weight is 423 g/mol. The summed E-state index contributed by atoms with van der Waals surface area (Å²) in [5, 5.41) is 5.80. The second kappa shape index (κ2) is 11.2. The first-order chi connectivity index (χ1) is 15.0. The van der Waals surface area contributed by atoms with Gasteiger partial charge in [-0.25, -0.2) is 4.79 Å². The van der Waals surface area contributed by atoms with Crippen LogP contribution >= 0.6 is 0 Å². The molecule has 1 fully saturated rings. The van der Waals surface area contributed by atoms with Gasteiger partial charge in [-0.3, -0.25) is 9.59 Å². The number of piperidine rings is 1. The molecule has 2 N–H and O–H groups in total. The maximum atomic E-state index is 12.5. The molecule has 2 aromatic carbocycles. The molecule has 0 aromatic heterocycles. The minimum absolute atomic E-state index is 0.0349. The van der Waals surface area contributed by atoms with Crippen LogP contribution in [0.25, 0.3) is 0 Å². The van der Waals surface area contributed by atoms with E-state index in [4.69, 9.17) is 0 Å². The third-order valence-corrected chi connectivity index (χ3v) is 5.41. The van der Waals surface area contributed by atoms with Crippen LogP contribution in [-0.4, -0.2) is 60.4 Å². The molecule has 0 atom stereocenters. The van der Waals surface area contributed by atoms with E-state index in [1.54, 1.807) is 11.9 Å². The zero-order chi connectivity index (χ0) is 22.1. The fourth-order valence-corrected chi connectivity index (χ4v) is 3.64. The summed E-state index contributed by atoms with van der Waals surface area (Å²) < 4.78 is 0. The average Bonchev–Trinajstić information content (AvgIpc) is 2.80. The fraction of sp³-hybridized carbons (Fsp3) is 0.375. The molecule has 0 bridgehead atoms. The number of amides is 4. The minimum Gasteiger partial charge on any atom is -0.353 e. The van der Waals surface area contributed by atoms with Crippen LogP contribution in [0.5, 0.6) is 0 Å². The Kier molecular flexibility index (Phi) is 8.04. The van der Waals surface area contributed by atoms with Crippen molar-refractivity contribution in [1.29, 1.82) is 0 Å². The van der Waals surface area contributed by atoms with E-state index in [0.29, 0.717) is 25.2 Å². The summed E-state index contributed by atoms with van der Waals surface area (Å²) in [6, 6.07) is 18.9. The standard InChI is InChI=1S/C24H30N4O3/c1-27(18-19-8-4-2-5-9-19)24(31)25-15-12-22(29)26-21-13-16-28(17-14-21)23(30)20-10-6-3-7-11-20/h2-11,21H,12-18H2,1H3,(H,25,31)(H,26,29). The van der Waals surface area contributed by atoms with E-state index in [-0.39, 0.29) is 36.9 Å². The normalized spacial score (nSPS) is 14.0. The van der Waals surface area contributed by atoms with Gasteiger partial charge in [-0.2, -0.15) is 0 Å². The van der Waals surface area contributed by atoms with Gasteiger partial charge in [0.25, 0.3) is 5.91 Å². The molecule has 2 aromatic rings. The molecule has 0 saturated carbocycles. The molecule has 164 valence electrons. The summed E-state index contributed by atoms with van der Waals surface area (Å²) in [6.45, 7) is 2.05. The van der Waals surface area contributed by atoms with Crippen molar-refractivity contribution in [1.82, 2.24) is 20.4 Å². The van der Waals surface area contributed by atoms with Crippen molar-refractivity contribution in [3.63, 3.8) is 0 Å². The third kappa shape index (κ3) is 6.84. The molecule has 4 amide bonds. The lowest BCUT2D eigenvalue weighted by Crippen LogP contribution is -2.47. The van der Waals surface area contributed by atoms with Crippen molar-refractivity contribution in [2.45, 2.75) is 31.8 Å². The number of nitrogens with zero attached hydrogens (tertiary/aromatic N) is 2. The van der Waals surface area contributed by atoms with Gasteiger partial charge in [-0.15, -0.1) is 0 Å². The number of likely N-dealkylation sites (tertiary alicyclic amines) is 1. The van der Waals surface area contributed by atoms with Crippen molar-refractivity contribution in [2.24, 2.45) is 0 Å². The molecule has 3 rings (SSSR count). The van der Waals surface area contributed by atoms with E-state index in [1.807, 2.05) is 65.6 Å². The quantitative estimate of drug-likeness (QED) is 0.720. The Morgan fingerprint density at radius 1 is 0.968 bits per heavy atom. The molecule has 0 spiro atoms. The fourth-order valence-electron chi connectivity index (χ4n) is 3.64. The van der Waals surface area contributed by atoms with E-state index in [0.717, 1.165) is 18.4 Å². The summed E-state index contributed by atoms with van der Waals surface area (Å²) >= 11 is 0. The monoisotopic (exact) mass is 422 g/mol. The first-order valence-electron chi connectivity index (χ1n) is 10.7. The summed E-state index contributed by atoms with van der Waals surface area (Å²) in [6.07, 6.45) is 1.70. The predicted octanol–water partition coefficient (Wildman–Crippen LogP) is 2.64. The molecule has 7 heteroatoms. The molecular weight excluding hydrogens is 392 g/mol. The lowest BCUT2D eigenvalue weighted by molar-refractivity contribution is -0.121. The summed E-state index contributed by atoms with van der Waals surface area (Å²) in [5.74, 6) is -0.0495. The highest BCUT2D eigenvalue weighted by molar-refractivity contribution is 5.94. The highest BCUT2D eigenvalue weighted by atomic mass is 16.2. The van der Waals surface area contributed by atoms with Crippen molar-refractivity contribution < 1.29 is 14.4 Å². The second-order valence-corrected chi connectivity index (χ2v) is 7.82. The topological polar surface area (TPSA) is 81.8 Å². The van der Waals surface area contributed by atoms with Crippen LogP contribution in [-0.2, 0) is 11.3 Å². The Hall–Kier alpha value is -3.35. The van der Waals surface area contributed by atoms with Gasteiger partial charge >= 0.3 is 6.03 Å². The van der Waals surface area contributed by atoms with Gasteiger partial charge < -0.3 is 20.4 Å². The Bertz CT molecular complexity index is 865. The number of hydrogen-bond acceptors (Lipinski definition) is 3. The Balaban J connectivity index is 1.32. The highest BCUT2D eigenvalue weighted by Gasteiger charge is 2.24. The molecule has 31 heavy (non-hydrogen) atoms. The van der Waals surface area contributed by atoms with E-state index in [1.165, 1.54) is 0 Å². The van der Waals surface area contributed by atoms with Crippen LogP contribution in [0.15, 0.2) is 60.7 Å². The Labute approximate surface area is 183 Å². The SMILES string of the molecule is CN(Cc1ccccc1)C(=O)NCCC(=O)NC1CCN(C(=O)c2ccccc2)CC1. The molecule has 1 saturated heterocycles. The van der Waals surface area contributed by atoms with E-state index >= 15 is 0 Å². The first-order valence-corrected chi connectivity index (χ1v) is 10.7. The third-order valence-electron chi connectivity index (χ3n) is 5.41. The van der Waals surface area contributed by atoms with Crippen LogP contribution in [0, 0.1) is 0 Å². The first kappa shape index (κ1) is 22.3. The van der Waals surface area contributed by atoms with Crippen LogP contribution < -0.4 is 10.6 Å². The van der Waals surface area contributed by atoms with Crippen molar-refractivity contribution in [2.75, 3.05) is 26.7 Å². The van der Waals surface area contributed by atoms with Gasteiger partial charge in [0.2, 0.25) is 5.91 Å². The van der Waals surface area contributed by atoms with E-state index in [9.17, 15) is 14.4 Å². The number of carbonyl (C=O) groups excluding carboxylic acids is 3. The molecule has 1 heterocycles. The van der Waals surface area contributed by atoms with Crippen LogP contribution in [0.3, 0.4) is 0 Å². The molecular formula is C24H30N4O3. The Morgan fingerprint density at radius 2 is 1.58 bits per heavy atom. The molecule has 0 unspecified atom stereocenters. The number of carbonyl (C=O) groups is 3. The number of hydrogen-bond donors (Lipinski definition) is 2. The molecule has 0 aliphatic carbocycles. The van der Waals surface area contributed by atoms with Gasteiger partial charge in [0.1, 0.15) is 0 Å². The van der Waals surface area contributed by atoms with Crippen LogP contribution in [0.2, 0.25) is 0 Å². The van der Waals surface area contributed by atoms with Crippen molar-refractivity contribution in [3.05, 3.63) is 71.8 Å². The van der Waals surface area contributed by atoms with Crippen molar-refractivity contribution in [3.8, 4) is 0 Å². The van der Waals surface area contributed by atoms with Gasteiger partial charge in [-0.05, 0) is 30.5 Å². The maximum Gasteiger partial charge on any atom is 0.317 e. The maximum absolute atomic E-state index is 12.5. The second-order valence-electron chi connectivity index (χ2n) is 7.82. The zero-order valence-electron chi connectivity index (χ0n) is 17.9. The lowest BCUT2D eigenvalue weighted by atomic mass is 10.0. The van der Waals surface area contributed by atoms with Crippen molar-refractivity contribution >= 4 is 17.8 Å². The van der Waals surface area contributed by atoms with Crippen LogP contribution in [0.4, 0.5) is 4.79 Å². The van der Waals surface area contributed by atoms with E-state index in [2.05, 4.69) is 10.6 Å². The van der Waals surface area contributed by atoms with Gasteiger partial charge in [0.15, 0.2) is 0 Å². The van der Waals surface area contributed by atoms with Gasteiger partial charge in [0, 0.05) is 51.3 Å². The zero-order valence-corrected chi connectivity index (χ0v) is 17.9. The molecule has 1 aliphatic rings. The minimum atomic E-state index is -0.204. The molecule has 1 aliphatic heterocycles. The number of benzene rings is 2. The Morgan fingerprint density at radius 3 is 2.23 bits per heavy atom. The van der Waals surface area contributed by atoms with Gasteiger partial charge in [-0.1, -0.05) is 48.5 Å². The van der Waals surface area contributed by atoms with Crippen LogP contribution in [0.1, 0.15) is 35.2 Å². The lowest BCUT2D eigenvalue weighted by Gasteiger charge is -2.32. The highest BCUT2D eigenvalue weighted by Crippen LogP contribution is 2.14. The van der Waals surface area contributed by atoms with Gasteiger partial charge in [0.05, 0.1) is 0 Å².